The first-order valence-corrected chi connectivity index (χ1v) is 11.0. The monoisotopic (exact) mass is 551 g/mol. The minimum absolute atomic E-state index is 0. The SMILES string of the molecule is CCNC(=NCCCN(C)Cc1ccccc1)NCCc1cccc(C(=O)N(C)C)c1.I. The molecule has 6 nitrogen and oxygen atoms in total. The number of nitrogens with zero attached hydrogens (tertiary/aromatic N) is 3. The molecule has 0 radical (unpaired) electrons. The van der Waals surface area contributed by atoms with Crippen LogP contribution in [0.1, 0.15) is 34.8 Å². The van der Waals surface area contributed by atoms with E-state index in [1.165, 1.54) is 5.56 Å². The summed E-state index contributed by atoms with van der Waals surface area (Å²) in [6.07, 6.45) is 1.84. The molecule has 2 rings (SSSR count). The quantitative estimate of drug-likeness (QED) is 0.194. The maximum atomic E-state index is 12.1. The van der Waals surface area contributed by atoms with E-state index in [4.69, 9.17) is 4.99 Å². The molecule has 0 unspecified atom stereocenters. The maximum absolute atomic E-state index is 12.1. The van der Waals surface area contributed by atoms with Crippen molar-refractivity contribution in [2.75, 3.05) is 47.3 Å². The molecule has 0 spiro atoms. The van der Waals surface area contributed by atoms with Gasteiger partial charge in [-0.3, -0.25) is 9.79 Å². The molecule has 7 heteroatoms. The zero-order chi connectivity index (χ0) is 22.5. The van der Waals surface area contributed by atoms with Crippen molar-refractivity contribution in [3.63, 3.8) is 0 Å². The normalized spacial score (nSPS) is 11.1. The van der Waals surface area contributed by atoms with Gasteiger partial charge in [-0.25, -0.2) is 0 Å². The van der Waals surface area contributed by atoms with Gasteiger partial charge in [0.2, 0.25) is 0 Å². The number of aliphatic imine (C=N–C) groups is 1. The first-order chi connectivity index (χ1) is 15.0. The van der Waals surface area contributed by atoms with Crippen LogP contribution in [0.5, 0.6) is 0 Å². The van der Waals surface area contributed by atoms with Crippen molar-refractivity contribution in [2.45, 2.75) is 26.3 Å². The lowest BCUT2D eigenvalue weighted by Gasteiger charge is -2.16. The largest absolute Gasteiger partial charge is 0.357 e. The molecule has 2 aromatic carbocycles. The first-order valence-electron chi connectivity index (χ1n) is 11.0. The van der Waals surface area contributed by atoms with Gasteiger partial charge < -0.3 is 20.4 Å². The van der Waals surface area contributed by atoms with Gasteiger partial charge in [0.1, 0.15) is 0 Å². The molecule has 0 aliphatic heterocycles. The highest BCUT2D eigenvalue weighted by atomic mass is 127. The Morgan fingerprint density at radius 3 is 2.38 bits per heavy atom. The molecule has 2 N–H and O–H groups in total. The van der Waals surface area contributed by atoms with Crippen molar-refractivity contribution < 1.29 is 4.79 Å². The highest BCUT2D eigenvalue weighted by molar-refractivity contribution is 14.0. The van der Waals surface area contributed by atoms with Crippen LogP contribution in [0.3, 0.4) is 0 Å². The molecule has 0 aliphatic rings. The highest BCUT2D eigenvalue weighted by Crippen LogP contribution is 2.08. The van der Waals surface area contributed by atoms with E-state index in [-0.39, 0.29) is 29.9 Å². The smallest absolute Gasteiger partial charge is 0.253 e. The van der Waals surface area contributed by atoms with Crippen LogP contribution in [0.25, 0.3) is 0 Å². The Morgan fingerprint density at radius 2 is 1.69 bits per heavy atom. The van der Waals surface area contributed by atoms with Gasteiger partial charge in [-0.2, -0.15) is 0 Å². The number of carbonyl (C=O) groups excluding carboxylic acids is 1. The average molecular weight is 552 g/mol. The number of guanidine groups is 1. The van der Waals surface area contributed by atoms with E-state index in [0.717, 1.165) is 62.7 Å². The first kappa shape index (κ1) is 27.9. The molecular weight excluding hydrogens is 513 g/mol. The lowest BCUT2D eigenvalue weighted by molar-refractivity contribution is 0.0827. The Morgan fingerprint density at radius 1 is 0.969 bits per heavy atom. The van der Waals surface area contributed by atoms with E-state index in [0.29, 0.717) is 0 Å². The van der Waals surface area contributed by atoms with E-state index >= 15 is 0 Å². The maximum Gasteiger partial charge on any atom is 0.253 e. The van der Waals surface area contributed by atoms with Gasteiger partial charge in [0.25, 0.3) is 5.91 Å². The zero-order valence-electron chi connectivity index (χ0n) is 19.8. The summed E-state index contributed by atoms with van der Waals surface area (Å²) < 4.78 is 0. The summed E-state index contributed by atoms with van der Waals surface area (Å²) in [6, 6.07) is 18.4. The van der Waals surface area contributed by atoms with Gasteiger partial charge in [0.15, 0.2) is 5.96 Å². The zero-order valence-corrected chi connectivity index (χ0v) is 22.1. The Kier molecular flexibility index (Phi) is 13.6. The van der Waals surface area contributed by atoms with Crippen LogP contribution < -0.4 is 10.6 Å². The van der Waals surface area contributed by atoms with Crippen LogP contribution in [-0.4, -0.2) is 69.0 Å². The van der Waals surface area contributed by atoms with Crippen molar-refractivity contribution >= 4 is 35.8 Å². The summed E-state index contributed by atoms with van der Waals surface area (Å²) in [5.41, 5.74) is 3.20. The fourth-order valence-electron chi connectivity index (χ4n) is 3.29. The Bertz CT molecular complexity index is 826. The molecule has 0 heterocycles. The van der Waals surface area contributed by atoms with Crippen molar-refractivity contribution in [2.24, 2.45) is 4.99 Å². The summed E-state index contributed by atoms with van der Waals surface area (Å²) in [6.45, 7) is 6.40. The minimum Gasteiger partial charge on any atom is -0.357 e. The summed E-state index contributed by atoms with van der Waals surface area (Å²) in [5, 5.41) is 6.70. The van der Waals surface area contributed by atoms with E-state index in [1.807, 2.05) is 24.3 Å². The number of nitrogens with one attached hydrogen (secondary N) is 2. The second kappa shape index (κ2) is 15.6. The molecule has 0 saturated carbocycles. The molecule has 32 heavy (non-hydrogen) atoms. The van der Waals surface area contributed by atoms with Crippen LogP contribution in [0.4, 0.5) is 0 Å². The van der Waals surface area contributed by atoms with Gasteiger partial charge in [-0.15, -0.1) is 24.0 Å². The molecule has 1 amide bonds. The van der Waals surface area contributed by atoms with Crippen molar-refractivity contribution in [3.05, 3.63) is 71.3 Å². The molecule has 0 fully saturated rings. The average Bonchev–Trinajstić information content (AvgIpc) is 2.77. The van der Waals surface area contributed by atoms with Gasteiger partial charge in [0, 0.05) is 45.8 Å². The molecule has 0 aromatic heterocycles. The molecule has 0 aliphatic carbocycles. The summed E-state index contributed by atoms with van der Waals surface area (Å²) in [4.78, 5) is 20.8. The highest BCUT2D eigenvalue weighted by Gasteiger charge is 2.08. The van der Waals surface area contributed by atoms with Gasteiger partial charge in [-0.1, -0.05) is 42.5 Å². The number of amides is 1. The minimum atomic E-state index is 0. The number of halogens is 1. The van der Waals surface area contributed by atoms with Crippen molar-refractivity contribution in [1.29, 1.82) is 0 Å². The second-order valence-corrected chi connectivity index (χ2v) is 7.91. The van der Waals surface area contributed by atoms with E-state index < -0.39 is 0 Å². The van der Waals surface area contributed by atoms with Crippen molar-refractivity contribution in [1.82, 2.24) is 20.4 Å². The molecule has 0 bridgehead atoms. The molecular formula is C25H38IN5O. The van der Waals surface area contributed by atoms with E-state index in [1.54, 1.807) is 19.0 Å². The van der Waals surface area contributed by atoms with Crippen LogP contribution >= 0.6 is 24.0 Å². The Labute approximate surface area is 210 Å². The Balaban J connectivity index is 0.00000512. The van der Waals surface area contributed by atoms with E-state index in [2.05, 4.69) is 59.8 Å². The van der Waals surface area contributed by atoms with Crippen LogP contribution in [0, 0.1) is 0 Å². The lowest BCUT2D eigenvalue weighted by atomic mass is 10.1. The standard InChI is InChI=1S/C25H37N5O.HI/c1-5-26-25(27-16-10-18-30(4)20-22-11-7-6-8-12-22)28-17-15-21-13-9-14-23(19-21)24(31)29(2)3;/h6-9,11-14,19H,5,10,15-18,20H2,1-4H3,(H2,26,27,28);1H. The van der Waals surface area contributed by atoms with Gasteiger partial charge in [0.05, 0.1) is 0 Å². The summed E-state index contributed by atoms with van der Waals surface area (Å²) in [5.74, 6) is 0.871. The fourth-order valence-corrected chi connectivity index (χ4v) is 3.29. The topological polar surface area (TPSA) is 60.0 Å². The predicted molar refractivity (Wildman–Crippen MR) is 145 cm³/mol. The van der Waals surface area contributed by atoms with Crippen LogP contribution in [0.2, 0.25) is 0 Å². The summed E-state index contributed by atoms with van der Waals surface area (Å²) >= 11 is 0. The molecule has 176 valence electrons. The number of hydrogen-bond acceptors (Lipinski definition) is 3. The number of rotatable bonds is 11. The molecule has 0 atom stereocenters. The fraction of sp³-hybridized carbons (Fsp3) is 0.440. The third kappa shape index (κ3) is 10.5. The van der Waals surface area contributed by atoms with Crippen LogP contribution in [-0.2, 0) is 13.0 Å². The molecule has 0 saturated heterocycles. The number of carbonyl (C=O) groups is 1. The van der Waals surface area contributed by atoms with Gasteiger partial charge in [-0.05, 0) is 56.6 Å². The van der Waals surface area contributed by atoms with Crippen molar-refractivity contribution in [3.8, 4) is 0 Å². The van der Waals surface area contributed by atoms with Gasteiger partial charge >= 0.3 is 0 Å². The van der Waals surface area contributed by atoms with E-state index in [9.17, 15) is 4.79 Å². The third-order valence-corrected chi connectivity index (χ3v) is 4.89. The number of benzene rings is 2. The third-order valence-electron chi connectivity index (χ3n) is 4.89. The molecule has 2 aromatic rings. The van der Waals surface area contributed by atoms with Crippen LogP contribution in [0.15, 0.2) is 59.6 Å². The summed E-state index contributed by atoms with van der Waals surface area (Å²) in [7, 11) is 5.69. The second-order valence-electron chi connectivity index (χ2n) is 7.91. The lowest BCUT2D eigenvalue weighted by Crippen LogP contribution is -2.38. The number of hydrogen-bond donors (Lipinski definition) is 2. The predicted octanol–water partition coefficient (Wildman–Crippen LogP) is 3.63. The Hall–Kier alpha value is -2.13.